The van der Waals surface area contributed by atoms with E-state index in [-0.39, 0.29) is 43.2 Å². The predicted molar refractivity (Wildman–Crippen MR) is 155 cm³/mol. The number of rotatable bonds is 14. The Morgan fingerprint density at radius 3 is 2.27 bits per heavy atom. The molecule has 0 heterocycles. The number of benzene rings is 3. The van der Waals surface area contributed by atoms with Crippen molar-refractivity contribution in [3.63, 3.8) is 0 Å². The normalized spacial score (nSPS) is 12.6. The van der Waals surface area contributed by atoms with Crippen LogP contribution < -0.4 is 10.6 Å². The van der Waals surface area contributed by atoms with Gasteiger partial charge in [0.2, 0.25) is 0 Å². The molecule has 220 valence electrons. The molecule has 9 heteroatoms. The molecule has 3 aromatic rings. The van der Waals surface area contributed by atoms with E-state index in [2.05, 4.69) is 23.6 Å². The van der Waals surface area contributed by atoms with Crippen LogP contribution in [0.25, 0.3) is 0 Å². The number of carbonyl (C=O) groups is 2. The van der Waals surface area contributed by atoms with Crippen molar-refractivity contribution < 1.29 is 28.6 Å². The molecule has 2 amide bonds. The Labute approximate surface area is 240 Å². The van der Waals surface area contributed by atoms with Crippen molar-refractivity contribution in [1.29, 1.82) is 0 Å². The van der Waals surface area contributed by atoms with Crippen LogP contribution in [-0.2, 0) is 19.4 Å². The molecule has 0 saturated heterocycles. The van der Waals surface area contributed by atoms with E-state index in [0.717, 1.165) is 18.1 Å². The van der Waals surface area contributed by atoms with Gasteiger partial charge in [-0.05, 0) is 79.3 Å². The highest BCUT2D eigenvalue weighted by Gasteiger charge is 2.24. The number of aryl methyl sites for hydroxylation is 2. The molecule has 4 N–H and O–H groups in total. The average molecular weight is 568 g/mol. The van der Waals surface area contributed by atoms with Crippen LogP contribution in [0, 0.1) is 18.6 Å². The van der Waals surface area contributed by atoms with E-state index >= 15 is 0 Å². The minimum absolute atomic E-state index is 0.0215. The third-order valence-corrected chi connectivity index (χ3v) is 6.87. The van der Waals surface area contributed by atoms with Crippen LogP contribution >= 0.6 is 0 Å². The summed E-state index contributed by atoms with van der Waals surface area (Å²) >= 11 is 0. The Hall–Kier alpha value is -3.66. The number of halogens is 2. The molecule has 0 aliphatic heterocycles. The van der Waals surface area contributed by atoms with Crippen LogP contribution in [0.4, 0.5) is 8.78 Å². The van der Waals surface area contributed by atoms with Gasteiger partial charge in [0, 0.05) is 43.4 Å². The highest BCUT2D eigenvalue weighted by atomic mass is 19.1. The fraction of sp³-hybridized carbons (Fsp3) is 0.375. The number of nitrogens with zero attached hydrogens (tertiary/aromatic N) is 1. The van der Waals surface area contributed by atoms with E-state index in [0.29, 0.717) is 24.2 Å². The minimum Gasteiger partial charge on any atom is -0.395 e. The lowest BCUT2D eigenvalue weighted by molar-refractivity contribution is 0.0731. The Balaban J connectivity index is 1.80. The molecule has 0 radical (unpaired) electrons. The van der Waals surface area contributed by atoms with Gasteiger partial charge in [0.15, 0.2) is 0 Å². The summed E-state index contributed by atoms with van der Waals surface area (Å²) in [5.74, 6) is -2.36. The largest absolute Gasteiger partial charge is 0.395 e. The van der Waals surface area contributed by atoms with Crippen molar-refractivity contribution in [3.05, 3.63) is 106 Å². The van der Waals surface area contributed by atoms with Crippen molar-refractivity contribution in [2.75, 3.05) is 26.2 Å². The Morgan fingerprint density at radius 1 is 0.927 bits per heavy atom. The van der Waals surface area contributed by atoms with Gasteiger partial charge in [-0.2, -0.15) is 0 Å². The lowest BCUT2D eigenvalue weighted by Crippen LogP contribution is -2.48. The molecule has 3 aromatic carbocycles. The third-order valence-electron chi connectivity index (χ3n) is 6.87. The lowest BCUT2D eigenvalue weighted by atomic mass is 9.99. The van der Waals surface area contributed by atoms with Gasteiger partial charge in [0.25, 0.3) is 11.8 Å². The molecular formula is C32H39F2N3O4. The molecule has 0 aliphatic rings. The highest BCUT2D eigenvalue weighted by Crippen LogP contribution is 2.16. The van der Waals surface area contributed by atoms with Gasteiger partial charge in [-0.1, -0.05) is 31.2 Å². The average Bonchev–Trinajstić information content (AvgIpc) is 2.94. The maximum atomic E-state index is 13.9. The molecule has 0 saturated carbocycles. The first kappa shape index (κ1) is 31.9. The maximum absolute atomic E-state index is 13.9. The highest BCUT2D eigenvalue weighted by molar-refractivity contribution is 6.00. The van der Waals surface area contributed by atoms with E-state index in [1.54, 1.807) is 26.0 Å². The van der Waals surface area contributed by atoms with Gasteiger partial charge in [-0.3, -0.25) is 9.59 Å². The molecule has 0 spiro atoms. The summed E-state index contributed by atoms with van der Waals surface area (Å²) in [4.78, 5) is 27.8. The molecule has 0 fully saturated rings. The summed E-state index contributed by atoms with van der Waals surface area (Å²) in [6.45, 7) is 6.61. The van der Waals surface area contributed by atoms with Crippen LogP contribution in [0.3, 0.4) is 0 Å². The van der Waals surface area contributed by atoms with Gasteiger partial charge in [0.05, 0.1) is 18.8 Å². The van der Waals surface area contributed by atoms with Gasteiger partial charge in [0.1, 0.15) is 11.6 Å². The van der Waals surface area contributed by atoms with E-state index in [9.17, 15) is 28.6 Å². The van der Waals surface area contributed by atoms with Crippen molar-refractivity contribution in [2.45, 2.75) is 52.3 Å². The summed E-state index contributed by atoms with van der Waals surface area (Å²) in [5.41, 5.74) is 3.71. The molecule has 0 unspecified atom stereocenters. The van der Waals surface area contributed by atoms with E-state index in [1.807, 2.05) is 18.2 Å². The quantitative estimate of drug-likeness (QED) is 0.238. The summed E-state index contributed by atoms with van der Waals surface area (Å²) < 4.78 is 27.8. The van der Waals surface area contributed by atoms with Gasteiger partial charge in [-0.15, -0.1) is 0 Å². The summed E-state index contributed by atoms with van der Waals surface area (Å²) in [7, 11) is 0. The van der Waals surface area contributed by atoms with E-state index < -0.39 is 29.7 Å². The Kier molecular flexibility index (Phi) is 11.9. The number of nitrogens with one attached hydrogen (secondary N) is 2. The molecule has 41 heavy (non-hydrogen) atoms. The zero-order valence-corrected chi connectivity index (χ0v) is 23.8. The van der Waals surface area contributed by atoms with Crippen LogP contribution in [0.15, 0.2) is 60.7 Å². The SMILES string of the molecule is CCc1cccc(CNC[C@@H](O)[C@H](Cc2cc(F)cc(F)c2)NC(=O)c2cc(C)cc(C(=O)N(CC)CCO)c2)c1. The molecule has 3 rings (SSSR count). The number of aliphatic hydroxyl groups excluding tert-OH is 2. The summed E-state index contributed by atoms with van der Waals surface area (Å²) in [6.07, 6.45) is -0.212. The second-order valence-electron chi connectivity index (χ2n) is 10.1. The predicted octanol–water partition coefficient (Wildman–Crippen LogP) is 3.78. The Bertz CT molecular complexity index is 1310. The first-order chi connectivity index (χ1) is 19.6. The van der Waals surface area contributed by atoms with Gasteiger partial charge < -0.3 is 25.7 Å². The van der Waals surface area contributed by atoms with Gasteiger partial charge >= 0.3 is 0 Å². The fourth-order valence-electron chi connectivity index (χ4n) is 4.73. The molecule has 7 nitrogen and oxygen atoms in total. The van der Waals surface area contributed by atoms with Crippen LogP contribution in [0.5, 0.6) is 0 Å². The van der Waals surface area contributed by atoms with Crippen LogP contribution in [0.2, 0.25) is 0 Å². The fourth-order valence-corrected chi connectivity index (χ4v) is 4.73. The lowest BCUT2D eigenvalue weighted by Gasteiger charge is -2.25. The number of amides is 2. The number of hydrogen-bond donors (Lipinski definition) is 4. The molecule has 0 bridgehead atoms. The summed E-state index contributed by atoms with van der Waals surface area (Å²) in [6, 6.07) is 15.0. The van der Waals surface area contributed by atoms with Crippen molar-refractivity contribution in [1.82, 2.24) is 15.5 Å². The molecular weight excluding hydrogens is 528 g/mol. The minimum atomic E-state index is -1.09. The molecule has 0 aliphatic carbocycles. The van der Waals surface area contributed by atoms with E-state index in [4.69, 9.17) is 0 Å². The molecule has 2 atom stereocenters. The Morgan fingerprint density at radius 2 is 1.61 bits per heavy atom. The third kappa shape index (κ3) is 9.45. The van der Waals surface area contributed by atoms with Crippen molar-refractivity contribution >= 4 is 11.8 Å². The first-order valence-electron chi connectivity index (χ1n) is 13.9. The first-order valence-corrected chi connectivity index (χ1v) is 13.9. The topological polar surface area (TPSA) is 102 Å². The van der Waals surface area contributed by atoms with Crippen LogP contribution in [0.1, 0.15) is 56.8 Å². The van der Waals surface area contributed by atoms with Gasteiger partial charge in [-0.25, -0.2) is 8.78 Å². The zero-order chi connectivity index (χ0) is 29.9. The van der Waals surface area contributed by atoms with E-state index in [1.165, 1.54) is 28.7 Å². The maximum Gasteiger partial charge on any atom is 0.253 e. The number of likely N-dealkylation sites (N-methyl/N-ethyl adjacent to an activating group) is 1. The number of aliphatic hydroxyl groups is 2. The van der Waals surface area contributed by atoms with Crippen molar-refractivity contribution in [2.24, 2.45) is 0 Å². The number of hydrogen-bond acceptors (Lipinski definition) is 5. The second kappa shape index (κ2) is 15.4. The van der Waals surface area contributed by atoms with Crippen LogP contribution in [-0.4, -0.2) is 65.3 Å². The monoisotopic (exact) mass is 567 g/mol. The smallest absolute Gasteiger partial charge is 0.253 e. The second-order valence-corrected chi connectivity index (χ2v) is 10.1. The number of carbonyl (C=O) groups excluding carboxylic acids is 2. The van der Waals surface area contributed by atoms with Crippen molar-refractivity contribution in [3.8, 4) is 0 Å². The standard InChI is InChI=1S/C32H39F2N3O4/c1-4-22-7-6-8-23(13-22)19-35-20-30(39)29(16-24-14-27(33)18-28(34)15-24)36-31(40)25-11-21(3)12-26(17-25)32(41)37(5-2)9-10-38/h6-8,11-15,17-18,29-30,35,38-39H,4-5,9-10,16,19-20H2,1-3H3,(H,36,40)/t29-,30+/m0/s1. The summed E-state index contributed by atoms with van der Waals surface area (Å²) in [5, 5.41) is 26.4. The zero-order valence-electron chi connectivity index (χ0n) is 23.8. The molecule has 0 aromatic heterocycles.